The fourth-order valence-electron chi connectivity index (χ4n) is 2.21. The zero-order chi connectivity index (χ0) is 14.5. The molecule has 0 aliphatic rings. The van der Waals surface area contributed by atoms with Crippen LogP contribution in [0.15, 0.2) is 30.5 Å². The molecule has 5 heteroatoms. The number of benzene rings is 1. The van der Waals surface area contributed by atoms with Gasteiger partial charge in [-0.15, -0.1) is 0 Å². The van der Waals surface area contributed by atoms with Gasteiger partial charge in [-0.3, -0.25) is 9.59 Å². The Morgan fingerprint density at radius 3 is 2.65 bits per heavy atom. The molecular weight excluding hydrogens is 254 g/mol. The minimum Gasteiger partial charge on any atom is -0.361 e. The molecule has 2 rings (SSSR count). The fraction of sp³-hybridized carbons (Fsp3) is 0.333. The Hall–Kier alpha value is -2.30. The molecule has 0 radical (unpaired) electrons. The Bertz CT molecular complexity index is 614. The molecule has 1 heterocycles. The maximum atomic E-state index is 12.2. The van der Waals surface area contributed by atoms with Crippen LogP contribution in [0.1, 0.15) is 24.2 Å². The van der Waals surface area contributed by atoms with Crippen LogP contribution in [0.5, 0.6) is 0 Å². The van der Waals surface area contributed by atoms with Gasteiger partial charge in [0, 0.05) is 24.7 Å². The van der Waals surface area contributed by atoms with E-state index >= 15 is 0 Å². The third kappa shape index (κ3) is 2.82. The molecule has 0 aliphatic carbocycles. The summed E-state index contributed by atoms with van der Waals surface area (Å²) in [6.45, 7) is 5.16. The number of hydrogen-bond donors (Lipinski definition) is 2. The second-order valence-corrected chi connectivity index (χ2v) is 4.50. The Balaban J connectivity index is 2.06. The van der Waals surface area contributed by atoms with Gasteiger partial charge in [0.15, 0.2) is 0 Å². The number of nitrogens with zero attached hydrogens (tertiary/aromatic N) is 1. The van der Waals surface area contributed by atoms with Crippen LogP contribution in [-0.4, -0.2) is 41.3 Å². The van der Waals surface area contributed by atoms with Gasteiger partial charge in [0.05, 0.1) is 17.6 Å². The standard InChI is InChI=1S/C15H19N3O2/c1-3-18(4-2)13(19)10-17-15(20)12-7-5-6-11-8-9-16-14(11)12/h5-9,16H,3-4,10H2,1-2H3,(H,17,20). The van der Waals surface area contributed by atoms with Gasteiger partial charge in [0.25, 0.3) is 5.91 Å². The van der Waals surface area contributed by atoms with Crippen molar-refractivity contribution in [2.75, 3.05) is 19.6 Å². The number of hydrogen-bond acceptors (Lipinski definition) is 2. The Labute approximate surface area is 118 Å². The number of aromatic nitrogens is 1. The molecule has 0 unspecified atom stereocenters. The van der Waals surface area contributed by atoms with Crippen molar-refractivity contribution >= 4 is 22.7 Å². The van der Waals surface area contributed by atoms with E-state index in [0.717, 1.165) is 10.9 Å². The highest BCUT2D eigenvalue weighted by Crippen LogP contribution is 2.16. The molecule has 20 heavy (non-hydrogen) atoms. The predicted octanol–water partition coefficient (Wildman–Crippen LogP) is 1.77. The maximum Gasteiger partial charge on any atom is 0.253 e. The van der Waals surface area contributed by atoms with E-state index < -0.39 is 0 Å². The van der Waals surface area contributed by atoms with E-state index in [-0.39, 0.29) is 18.4 Å². The van der Waals surface area contributed by atoms with Gasteiger partial charge in [-0.25, -0.2) is 0 Å². The van der Waals surface area contributed by atoms with E-state index in [1.165, 1.54) is 0 Å². The van der Waals surface area contributed by atoms with Crippen molar-refractivity contribution in [3.8, 4) is 0 Å². The van der Waals surface area contributed by atoms with Gasteiger partial charge in [0.2, 0.25) is 5.91 Å². The van der Waals surface area contributed by atoms with Crippen LogP contribution < -0.4 is 5.32 Å². The van der Waals surface area contributed by atoms with Gasteiger partial charge in [-0.2, -0.15) is 0 Å². The molecule has 0 atom stereocenters. The average Bonchev–Trinajstić information content (AvgIpc) is 2.94. The Morgan fingerprint density at radius 2 is 1.95 bits per heavy atom. The molecule has 0 saturated carbocycles. The lowest BCUT2D eigenvalue weighted by atomic mass is 10.1. The van der Waals surface area contributed by atoms with Crippen molar-refractivity contribution in [2.24, 2.45) is 0 Å². The highest BCUT2D eigenvalue weighted by molar-refractivity contribution is 6.06. The lowest BCUT2D eigenvalue weighted by molar-refractivity contribution is -0.129. The maximum absolute atomic E-state index is 12.2. The summed E-state index contributed by atoms with van der Waals surface area (Å²) < 4.78 is 0. The molecule has 0 spiro atoms. The Morgan fingerprint density at radius 1 is 1.20 bits per heavy atom. The molecule has 106 valence electrons. The first-order valence-corrected chi connectivity index (χ1v) is 6.79. The monoisotopic (exact) mass is 273 g/mol. The van der Waals surface area contributed by atoms with Crippen LogP contribution in [0.2, 0.25) is 0 Å². The van der Waals surface area contributed by atoms with Crippen molar-refractivity contribution in [2.45, 2.75) is 13.8 Å². The van der Waals surface area contributed by atoms with Crippen molar-refractivity contribution in [3.63, 3.8) is 0 Å². The largest absolute Gasteiger partial charge is 0.361 e. The van der Waals surface area contributed by atoms with Crippen molar-refractivity contribution < 1.29 is 9.59 Å². The molecule has 1 aromatic heterocycles. The van der Waals surface area contributed by atoms with Crippen molar-refractivity contribution in [1.29, 1.82) is 0 Å². The third-order valence-corrected chi connectivity index (χ3v) is 3.35. The van der Waals surface area contributed by atoms with E-state index in [9.17, 15) is 9.59 Å². The van der Waals surface area contributed by atoms with E-state index in [4.69, 9.17) is 0 Å². The number of aromatic amines is 1. The lowest BCUT2D eigenvalue weighted by Crippen LogP contribution is -2.40. The zero-order valence-electron chi connectivity index (χ0n) is 11.8. The topological polar surface area (TPSA) is 65.2 Å². The minimum atomic E-state index is -0.237. The first-order chi connectivity index (χ1) is 9.67. The summed E-state index contributed by atoms with van der Waals surface area (Å²) >= 11 is 0. The van der Waals surface area contributed by atoms with Gasteiger partial charge in [-0.1, -0.05) is 12.1 Å². The minimum absolute atomic E-state index is 0.0254. The summed E-state index contributed by atoms with van der Waals surface area (Å²) in [5, 5.41) is 3.66. The quantitative estimate of drug-likeness (QED) is 0.872. The van der Waals surface area contributed by atoms with Crippen LogP contribution in [-0.2, 0) is 4.79 Å². The molecule has 0 fully saturated rings. The molecule has 1 aromatic carbocycles. The predicted molar refractivity (Wildman–Crippen MR) is 78.6 cm³/mol. The first kappa shape index (κ1) is 14.1. The summed E-state index contributed by atoms with van der Waals surface area (Å²) in [4.78, 5) is 28.8. The van der Waals surface area contributed by atoms with E-state index in [1.807, 2.05) is 32.0 Å². The van der Waals surface area contributed by atoms with Gasteiger partial charge < -0.3 is 15.2 Å². The molecule has 5 nitrogen and oxygen atoms in total. The second-order valence-electron chi connectivity index (χ2n) is 4.50. The zero-order valence-corrected chi connectivity index (χ0v) is 11.8. The van der Waals surface area contributed by atoms with Crippen LogP contribution >= 0.6 is 0 Å². The summed E-state index contributed by atoms with van der Waals surface area (Å²) in [7, 11) is 0. The smallest absolute Gasteiger partial charge is 0.253 e. The highest BCUT2D eigenvalue weighted by atomic mass is 16.2. The number of amides is 2. The number of likely N-dealkylation sites (N-methyl/N-ethyl adjacent to an activating group) is 1. The SMILES string of the molecule is CCN(CC)C(=O)CNC(=O)c1cccc2cc[nH]c12. The number of carbonyl (C=O) groups excluding carboxylic acids is 2. The number of rotatable bonds is 5. The van der Waals surface area contributed by atoms with E-state index in [1.54, 1.807) is 17.2 Å². The Kier molecular flexibility index (Phi) is 4.40. The van der Waals surface area contributed by atoms with Crippen molar-refractivity contribution in [3.05, 3.63) is 36.0 Å². The number of H-pyrrole nitrogens is 1. The number of para-hydroxylation sites is 1. The molecule has 2 amide bonds. The summed E-state index contributed by atoms with van der Waals surface area (Å²) in [5.74, 6) is -0.305. The van der Waals surface area contributed by atoms with Gasteiger partial charge in [-0.05, 0) is 26.0 Å². The summed E-state index contributed by atoms with van der Waals surface area (Å²) in [5.41, 5.74) is 1.35. The number of nitrogens with one attached hydrogen (secondary N) is 2. The van der Waals surface area contributed by atoms with Crippen LogP contribution in [0.4, 0.5) is 0 Å². The van der Waals surface area contributed by atoms with Crippen molar-refractivity contribution in [1.82, 2.24) is 15.2 Å². The normalized spacial score (nSPS) is 10.5. The van der Waals surface area contributed by atoms with Crippen LogP contribution in [0, 0.1) is 0 Å². The van der Waals surface area contributed by atoms with Crippen LogP contribution in [0.25, 0.3) is 10.9 Å². The van der Waals surface area contributed by atoms with Gasteiger partial charge >= 0.3 is 0 Å². The van der Waals surface area contributed by atoms with E-state index in [2.05, 4.69) is 10.3 Å². The van der Waals surface area contributed by atoms with Crippen LogP contribution in [0.3, 0.4) is 0 Å². The lowest BCUT2D eigenvalue weighted by Gasteiger charge is -2.18. The molecule has 2 aromatic rings. The summed E-state index contributed by atoms with van der Waals surface area (Å²) in [6.07, 6.45) is 1.79. The molecule has 0 aliphatic heterocycles. The number of fused-ring (bicyclic) bond motifs is 1. The third-order valence-electron chi connectivity index (χ3n) is 3.35. The molecule has 0 bridgehead atoms. The highest BCUT2D eigenvalue weighted by Gasteiger charge is 2.14. The molecule has 0 saturated heterocycles. The average molecular weight is 273 g/mol. The molecule has 2 N–H and O–H groups in total. The van der Waals surface area contributed by atoms with E-state index in [0.29, 0.717) is 18.7 Å². The second kappa shape index (κ2) is 6.23. The first-order valence-electron chi connectivity index (χ1n) is 6.79. The number of carbonyl (C=O) groups is 2. The molecular formula is C15H19N3O2. The fourth-order valence-corrected chi connectivity index (χ4v) is 2.21. The van der Waals surface area contributed by atoms with Gasteiger partial charge in [0.1, 0.15) is 0 Å². The summed E-state index contributed by atoms with van der Waals surface area (Å²) in [6, 6.07) is 7.42.